The number of rotatable bonds is 7. The normalized spacial score (nSPS) is 10.5. The van der Waals surface area contributed by atoms with Crippen molar-refractivity contribution < 1.29 is 19.1 Å². The molecule has 1 aromatic carbocycles. The lowest BCUT2D eigenvalue weighted by Crippen LogP contribution is -2.17. The van der Waals surface area contributed by atoms with E-state index in [-0.39, 0.29) is 17.5 Å². The van der Waals surface area contributed by atoms with E-state index in [2.05, 4.69) is 15.5 Å². The molecule has 0 bridgehead atoms. The molecule has 1 heterocycles. The number of hydrogen-bond donors (Lipinski definition) is 1. The van der Waals surface area contributed by atoms with E-state index in [0.717, 1.165) is 0 Å². The Morgan fingerprint density at radius 3 is 2.84 bits per heavy atom. The van der Waals surface area contributed by atoms with Crippen LogP contribution in [0.2, 0.25) is 0 Å². The van der Waals surface area contributed by atoms with Gasteiger partial charge in [0.25, 0.3) is 5.91 Å². The summed E-state index contributed by atoms with van der Waals surface area (Å²) < 4.78 is 10.5. The number of nitrogens with zero attached hydrogens (tertiary/aromatic N) is 2. The van der Waals surface area contributed by atoms with Crippen molar-refractivity contribution in [1.29, 1.82) is 0 Å². The van der Waals surface area contributed by atoms with Gasteiger partial charge in [-0.1, -0.05) is 0 Å². The second kappa shape index (κ2) is 9.39. The Balaban J connectivity index is 2.07. The van der Waals surface area contributed by atoms with E-state index in [1.165, 1.54) is 12.4 Å². The second-order valence-electron chi connectivity index (χ2n) is 4.69. The topological polar surface area (TPSA) is 89.9 Å². The predicted octanol–water partition coefficient (Wildman–Crippen LogP) is 2.39. The first-order valence-corrected chi connectivity index (χ1v) is 7.94. The molecule has 1 N–H and O–H groups in total. The van der Waals surface area contributed by atoms with Crippen LogP contribution in [0.3, 0.4) is 0 Å². The lowest BCUT2D eigenvalue weighted by Gasteiger charge is -2.10. The standard InChI is InChI=1S/C17H16ClN3O4/c1-2-24-15-8-12(5-6-14(15)25-16(22)9-18)10-20-21-17(23)13-4-3-7-19-11-13/h3-8,10-11H,2,9H2,1H3,(H,21,23). The molecule has 2 rings (SSSR count). The van der Waals surface area contributed by atoms with Crippen molar-refractivity contribution in [1.82, 2.24) is 10.4 Å². The monoisotopic (exact) mass is 361 g/mol. The van der Waals surface area contributed by atoms with Crippen LogP contribution in [-0.2, 0) is 4.79 Å². The first kappa shape index (κ1) is 18.4. The number of amides is 1. The molecular weight excluding hydrogens is 346 g/mol. The number of carbonyl (C=O) groups excluding carboxylic acids is 2. The highest BCUT2D eigenvalue weighted by Crippen LogP contribution is 2.28. The minimum atomic E-state index is -0.576. The van der Waals surface area contributed by atoms with E-state index in [1.807, 2.05) is 6.92 Å². The van der Waals surface area contributed by atoms with E-state index in [4.69, 9.17) is 21.1 Å². The van der Waals surface area contributed by atoms with Gasteiger partial charge in [0.05, 0.1) is 18.4 Å². The van der Waals surface area contributed by atoms with E-state index in [9.17, 15) is 9.59 Å². The van der Waals surface area contributed by atoms with Gasteiger partial charge in [-0.2, -0.15) is 5.10 Å². The molecule has 0 aliphatic heterocycles. The van der Waals surface area contributed by atoms with Crippen LogP contribution >= 0.6 is 11.6 Å². The third-order valence-corrected chi connectivity index (χ3v) is 3.12. The molecule has 0 aliphatic rings. The molecule has 8 heteroatoms. The van der Waals surface area contributed by atoms with E-state index in [1.54, 1.807) is 36.5 Å². The molecule has 25 heavy (non-hydrogen) atoms. The summed E-state index contributed by atoms with van der Waals surface area (Å²) in [6.07, 6.45) is 4.47. The van der Waals surface area contributed by atoms with Gasteiger partial charge in [0.1, 0.15) is 5.88 Å². The van der Waals surface area contributed by atoms with E-state index in [0.29, 0.717) is 23.5 Å². The van der Waals surface area contributed by atoms with Gasteiger partial charge in [0.2, 0.25) is 0 Å². The summed E-state index contributed by atoms with van der Waals surface area (Å²) in [6, 6.07) is 8.16. The van der Waals surface area contributed by atoms with E-state index < -0.39 is 5.97 Å². The maximum Gasteiger partial charge on any atom is 0.326 e. The van der Waals surface area contributed by atoms with Crippen molar-refractivity contribution in [2.45, 2.75) is 6.92 Å². The van der Waals surface area contributed by atoms with Crippen molar-refractivity contribution in [3.05, 3.63) is 53.9 Å². The average molecular weight is 362 g/mol. The molecule has 1 amide bonds. The number of halogens is 1. The molecule has 0 radical (unpaired) electrons. The summed E-state index contributed by atoms with van der Waals surface area (Å²) in [6.45, 7) is 2.20. The number of nitrogens with one attached hydrogen (secondary N) is 1. The van der Waals surface area contributed by atoms with Crippen LogP contribution in [-0.4, -0.2) is 35.6 Å². The predicted molar refractivity (Wildman–Crippen MR) is 93.3 cm³/mol. The van der Waals surface area contributed by atoms with Crippen molar-refractivity contribution >= 4 is 29.7 Å². The number of alkyl halides is 1. The highest BCUT2D eigenvalue weighted by Gasteiger charge is 2.10. The summed E-state index contributed by atoms with van der Waals surface area (Å²) in [5.41, 5.74) is 3.46. The van der Waals surface area contributed by atoms with Gasteiger partial charge in [0, 0.05) is 12.4 Å². The fourth-order valence-corrected chi connectivity index (χ4v) is 1.89. The van der Waals surface area contributed by atoms with Crippen LogP contribution in [0, 0.1) is 0 Å². The molecular formula is C17H16ClN3O4. The molecule has 0 saturated carbocycles. The number of pyridine rings is 1. The SMILES string of the molecule is CCOc1cc(C=NNC(=O)c2cccnc2)ccc1OC(=O)CCl. The lowest BCUT2D eigenvalue weighted by atomic mass is 10.2. The summed E-state index contributed by atoms with van der Waals surface area (Å²) in [5, 5.41) is 3.89. The largest absolute Gasteiger partial charge is 0.490 e. The van der Waals surface area contributed by atoms with Crippen LogP contribution in [0.5, 0.6) is 11.5 Å². The first-order valence-electron chi connectivity index (χ1n) is 7.41. The minimum Gasteiger partial charge on any atom is -0.490 e. The summed E-state index contributed by atoms with van der Waals surface area (Å²) in [4.78, 5) is 27.0. The quantitative estimate of drug-likeness (QED) is 0.269. The number of carbonyl (C=O) groups is 2. The number of esters is 1. The van der Waals surface area contributed by atoms with Crippen LogP contribution in [0.4, 0.5) is 0 Å². The zero-order valence-corrected chi connectivity index (χ0v) is 14.2. The Hall–Kier alpha value is -2.93. The molecule has 0 unspecified atom stereocenters. The maximum atomic E-state index is 11.9. The number of aromatic nitrogens is 1. The van der Waals surface area contributed by atoms with Crippen LogP contribution in [0.1, 0.15) is 22.8 Å². The zero-order chi connectivity index (χ0) is 18.1. The lowest BCUT2D eigenvalue weighted by molar-refractivity contribution is -0.131. The second-order valence-corrected chi connectivity index (χ2v) is 4.95. The number of hydrogen-bond acceptors (Lipinski definition) is 6. The first-order chi connectivity index (χ1) is 12.1. The Bertz CT molecular complexity index is 766. The Morgan fingerprint density at radius 1 is 1.32 bits per heavy atom. The van der Waals surface area contributed by atoms with Crippen molar-refractivity contribution in [2.75, 3.05) is 12.5 Å². The maximum absolute atomic E-state index is 11.9. The van der Waals surface area contributed by atoms with Gasteiger partial charge in [-0.15, -0.1) is 11.6 Å². The van der Waals surface area contributed by atoms with E-state index >= 15 is 0 Å². The zero-order valence-electron chi connectivity index (χ0n) is 13.4. The third kappa shape index (κ3) is 5.58. The van der Waals surface area contributed by atoms with Crippen LogP contribution in [0.15, 0.2) is 47.8 Å². The van der Waals surface area contributed by atoms with Crippen LogP contribution in [0.25, 0.3) is 0 Å². The molecule has 2 aromatic rings. The molecule has 0 saturated heterocycles. The van der Waals surface area contributed by atoms with Gasteiger partial charge in [-0.05, 0) is 42.8 Å². The van der Waals surface area contributed by atoms with Crippen molar-refractivity contribution in [3.8, 4) is 11.5 Å². The molecule has 130 valence electrons. The minimum absolute atomic E-state index is 0.255. The van der Waals surface area contributed by atoms with Gasteiger partial charge in [-0.25, -0.2) is 5.43 Å². The fourth-order valence-electron chi connectivity index (χ4n) is 1.83. The molecule has 7 nitrogen and oxygen atoms in total. The number of ether oxygens (including phenoxy) is 2. The summed E-state index contributed by atoms with van der Waals surface area (Å²) in [5.74, 6) is -0.558. The Labute approximate surface area is 149 Å². The third-order valence-electron chi connectivity index (χ3n) is 2.90. The number of benzene rings is 1. The van der Waals surface area contributed by atoms with Gasteiger partial charge >= 0.3 is 5.97 Å². The van der Waals surface area contributed by atoms with Crippen molar-refractivity contribution in [3.63, 3.8) is 0 Å². The highest BCUT2D eigenvalue weighted by atomic mass is 35.5. The van der Waals surface area contributed by atoms with Crippen LogP contribution < -0.4 is 14.9 Å². The number of hydrazone groups is 1. The molecule has 0 aliphatic carbocycles. The van der Waals surface area contributed by atoms with Crippen molar-refractivity contribution in [2.24, 2.45) is 5.10 Å². The smallest absolute Gasteiger partial charge is 0.326 e. The molecule has 0 fully saturated rings. The van der Waals surface area contributed by atoms with Gasteiger partial charge in [-0.3, -0.25) is 14.6 Å². The highest BCUT2D eigenvalue weighted by molar-refractivity contribution is 6.26. The fraction of sp³-hybridized carbons (Fsp3) is 0.176. The molecule has 1 aromatic heterocycles. The Morgan fingerprint density at radius 2 is 2.16 bits per heavy atom. The summed E-state index contributed by atoms with van der Waals surface area (Å²) in [7, 11) is 0. The van der Waals surface area contributed by atoms with Gasteiger partial charge in [0.15, 0.2) is 11.5 Å². The summed E-state index contributed by atoms with van der Waals surface area (Å²) >= 11 is 5.43. The molecule has 0 spiro atoms. The Kier molecular flexibility index (Phi) is 6.91. The average Bonchev–Trinajstić information content (AvgIpc) is 2.64. The van der Waals surface area contributed by atoms with Gasteiger partial charge < -0.3 is 9.47 Å². The molecule has 0 atom stereocenters.